The van der Waals surface area contributed by atoms with Crippen molar-refractivity contribution in [2.75, 3.05) is 7.11 Å². The first-order valence-electron chi connectivity index (χ1n) is 8.53. The molecule has 0 aliphatic carbocycles. The van der Waals surface area contributed by atoms with Crippen LogP contribution in [0.3, 0.4) is 0 Å². The number of hydrogen-bond donors (Lipinski definition) is 0. The van der Waals surface area contributed by atoms with Crippen LogP contribution in [0.25, 0.3) is 11.0 Å². The molecule has 5 heteroatoms. The Bertz CT molecular complexity index is 922. The Kier molecular flexibility index (Phi) is 3.65. The molecule has 0 spiro atoms. The van der Waals surface area contributed by atoms with E-state index >= 15 is 0 Å². The van der Waals surface area contributed by atoms with Crippen molar-refractivity contribution in [2.45, 2.75) is 51.4 Å². The summed E-state index contributed by atoms with van der Waals surface area (Å²) in [7, 11) is 1.62. The van der Waals surface area contributed by atoms with Crippen LogP contribution in [0.4, 0.5) is 0 Å². The van der Waals surface area contributed by atoms with Crippen molar-refractivity contribution < 1.29 is 18.6 Å². The Morgan fingerprint density at radius 1 is 1.32 bits per heavy atom. The Balaban J connectivity index is 1.90. The Hall–Kier alpha value is -2.27. The Morgan fingerprint density at radius 3 is 2.84 bits per heavy atom. The average molecular weight is 342 g/mol. The van der Waals surface area contributed by atoms with Crippen molar-refractivity contribution in [1.29, 1.82) is 0 Å². The molecule has 2 aliphatic rings. The quantitative estimate of drug-likeness (QED) is 0.606. The van der Waals surface area contributed by atoms with Crippen molar-refractivity contribution in [3.63, 3.8) is 0 Å². The summed E-state index contributed by atoms with van der Waals surface area (Å²) in [6.45, 7) is 6.25. The van der Waals surface area contributed by atoms with E-state index in [1.807, 2.05) is 0 Å². The van der Waals surface area contributed by atoms with E-state index < -0.39 is 5.63 Å². The van der Waals surface area contributed by atoms with E-state index in [-0.39, 0.29) is 17.8 Å². The van der Waals surface area contributed by atoms with E-state index in [9.17, 15) is 4.79 Å². The molecule has 1 aromatic heterocycles. The van der Waals surface area contributed by atoms with Crippen LogP contribution in [-0.2, 0) is 4.74 Å². The monoisotopic (exact) mass is 342 g/mol. The summed E-state index contributed by atoms with van der Waals surface area (Å²) in [5.41, 5.74) is 1.87. The van der Waals surface area contributed by atoms with Crippen molar-refractivity contribution >= 4 is 11.0 Å². The highest BCUT2D eigenvalue weighted by Gasteiger charge is 2.46. The lowest BCUT2D eigenvalue weighted by Gasteiger charge is -2.46. The van der Waals surface area contributed by atoms with E-state index in [4.69, 9.17) is 18.6 Å². The lowest BCUT2D eigenvalue weighted by atomic mass is 9.82. The van der Waals surface area contributed by atoms with Crippen LogP contribution in [0.5, 0.6) is 11.5 Å². The van der Waals surface area contributed by atoms with Gasteiger partial charge < -0.3 is 18.6 Å². The summed E-state index contributed by atoms with van der Waals surface area (Å²) in [4.78, 5) is 11.6. The van der Waals surface area contributed by atoms with Gasteiger partial charge in [0.25, 0.3) is 0 Å². The van der Waals surface area contributed by atoms with Gasteiger partial charge in [-0.15, -0.1) is 0 Å². The van der Waals surface area contributed by atoms with Crippen LogP contribution in [0.1, 0.15) is 45.3 Å². The van der Waals surface area contributed by atoms with Crippen molar-refractivity contribution in [1.82, 2.24) is 0 Å². The van der Waals surface area contributed by atoms with Gasteiger partial charge in [-0.1, -0.05) is 11.6 Å². The highest BCUT2D eigenvalue weighted by atomic mass is 16.5. The second-order valence-electron chi connectivity index (χ2n) is 7.36. The summed E-state index contributed by atoms with van der Waals surface area (Å²) in [6.07, 6.45) is 3.59. The fraction of sp³-hybridized carbons (Fsp3) is 0.450. The summed E-state index contributed by atoms with van der Waals surface area (Å²) >= 11 is 0. The number of benzene rings is 1. The molecular formula is C20H22O5. The first-order valence-corrected chi connectivity index (χ1v) is 8.53. The van der Waals surface area contributed by atoms with Gasteiger partial charge in [-0.05, 0) is 26.8 Å². The van der Waals surface area contributed by atoms with Gasteiger partial charge >= 0.3 is 5.63 Å². The molecule has 2 aliphatic heterocycles. The molecule has 2 aromatic rings. The zero-order valence-electron chi connectivity index (χ0n) is 14.9. The van der Waals surface area contributed by atoms with Crippen LogP contribution in [-0.4, -0.2) is 18.8 Å². The maximum atomic E-state index is 11.6. The van der Waals surface area contributed by atoms with E-state index in [1.54, 1.807) is 19.2 Å². The second kappa shape index (κ2) is 5.63. The molecule has 0 amide bonds. The zero-order valence-corrected chi connectivity index (χ0v) is 14.9. The summed E-state index contributed by atoms with van der Waals surface area (Å²) in [5.74, 6) is 1.33. The van der Waals surface area contributed by atoms with E-state index in [0.29, 0.717) is 17.1 Å². The minimum absolute atomic E-state index is 0.0102. The van der Waals surface area contributed by atoms with Gasteiger partial charge in [0.05, 0.1) is 30.3 Å². The molecule has 2 bridgehead atoms. The molecule has 1 aromatic carbocycles. The molecule has 0 unspecified atom stereocenters. The first kappa shape index (κ1) is 16.2. The molecule has 0 radical (unpaired) electrons. The Labute approximate surface area is 146 Å². The summed E-state index contributed by atoms with van der Waals surface area (Å²) < 4.78 is 23.7. The number of hydrogen-bond acceptors (Lipinski definition) is 5. The minimum atomic E-state index is -0.392. The number of methoxy groups -OCH3 is 1. The Morgan fingerprint density at radius 2 is 2.12 bits per heavy atom. The summed E-state index contributed by atoms with van der Waals surface area (Å²) in [6, 6.07) is 4.91. The van der Waals surface area contributed by atoms with Crippen LogP contribution in [0.15, 0.2) is 39.1 Å². The minimum Gasteiger partial charge on any atom is -0.495 e. The molecule has 1 fully saturated rings. The predicted molar refractivity (Wildman–Crippen MR) is 94.3 cm³/mol. The molecular weight excluding hydrogens is 320 g/mol. The van der Waals surface area contributed by atoms with E-state index in [1.165, 1.54) is 11.6 Å². The third-order valence-corrected chi connectivity index (χ3v) is 4.87. The zero-order chi connectivity index (χ0) is 17.8. The smallest absolute Gasteiger partial charge is 0.336 e. The molecule has 0 saturated carbocycles. The van der Waals surface area contributed by atoms with Crippen LogP contribution in [0.2, 0.25) is 0 Å². The topological polar surface area (TPSA) is 57.9 Å². The largest absolute Gasteiger partial charge is 0.495 e. The number of ether oxygens (including phenoxy) is 3. The van der Waals surface area contributed by atoms with Gasteiger partial charge in [-0.3, -0.25) is 0 Å². The first-order chi connectivity index (χ1) is 11.9. The van der Waals surface area contributed by atoms with Gasteiger partial charge in [0.15, 0.2) is 0 Å². The molecule has 3 atom stereocenters. The maximum Gasteiger partial charge on any atom is 0.336 e. The lowest BCUT2D eigenvalue weighted by Crippen LogP contribution is -2.46. The third kappa shape index (κ3) is 2.72. The van der Waals surface area contributed by atoms with Crippen LogP contribution in [0, 0.1) is 0 Å². The van der Waals surface area contributed by atoms with E-state index in [2.05, 4.69) is 26.8 Å². The molecule has 1 saturated heterocycles. The van der Waals surface area contributed by atoms with Crippen molar-refractivity contribution in [2.24, 2.45) is 0 Å². The highest BCUT2D eigenvalue weighted by molar-refractivity contribution is 5.87. The highest BCUT2D eigenvalue weighted by Crippen LogP contribution is 2.53. The summed E-state index contributed by atoms with van der Waals surface area (Å²) in [5, 5.41) is 0.751. The standard InChI is InChI=1S/C20H22O5/c1-11(2)7-12-9-20(3)10-16(23-12)18-15(25-20)8-14-13(19(18)22-4)5-6-17(21)24-14/h5-8,12,16H,9-10H2,1-4H3/t12-,16+,20-/m0/s1. The number of fused-ring (bicyclic) bond motifs is 5. The number of rotatable bonds is 2. The van der Waals surface area contributed by atoms with Crippen LogP contribution >= 0.6 is 0 Å². The fourth-order valence-electron chi connectivity index (χ4n) is 3.99. The van der Waals surface area contributed by atoms with Gasteiger partial charge in [0.2, 0.25) is 0 Å². The normalized spacial score (nSPS) is 27.4. The van der Waals surface area contributed by atoms with Crippen molar-refractivity contribution in [3.05, 3.63) is 45.8 Å². The number of allylic oxidation sites excluding steroid dienone is 1. The van der Waals surface area contributed by atoms with Crippen LogP contribution < -0.4 is 15.1 Å². The van der Waals surface area contributed by atoms with Gasteiger partial charge in [0.1, 0.15) is 22.7 Å². The maximum absolute atomic E-state index is 11.6. The molecule has 132 valence electrons. The molecule has 3 heterocycles. The fourth-order valence-corrected chi connectivity index (χ4v) is 3.99. The molecule has 0 N–H and O–H groups in total. The average Bonchev–Trinajstić information content (AvgIpc) is 2.50. The molecule has 5 nitrogen and oxygen atoms in total. The van der Waals surface area contributed by atoms with E-state index in [0.717, 1.165) is 23.8 Å². The molecule has 25 heavy (non-hydrogen) atoms. The van der Waals surface area contributed by atoms with Gasteiger partial charge in [-0.2, -0.15) is 0 Å². The SMILES string of the molecule is COc1c2c(cc3oc(=O)ccc13)O[C@@]1(C)C[C@H](C=C(C)C)O[C@@H]2C1. The lowest BCUT2D eigenvalue weighted by molar-refractivity contribution is -0.128. The molecule has 4 rings (SSSR count). The van der Waals surface area contributed by atoms with Gasteiger partial charge in [-0.25, -0.2) is 4.79 Å². The third-order valence-electron chi connectivity index (χ3n) is 4.87. The predicted octanol–water partition coefficient (Wildman–Crippen LogP) is 4.14. The second-order valence-corrected chi connectivity index (χ2v) is 7.36. The van der Waals surface area contributed by atoms with Gasteiger partial charge in [0, 0.05) is 25.0 Å². The van der Waals surface area contributed by atoms with Crippen molar-refractivity contribution in [3.8, 4) is 11.5 Å².